The number of methoxy groups -OCH3 is 3. The molecular weight excluding hydrogens is 254 g/mol. The topological polar surface area (TPSA) is 39.7 Å². The minimum Gasteiger partial charge on any atom is -0.496 e. The van der Waals surface area contributed by atoms with E-state index >= 15 is 0 Å². The molecule has 1 aliphatic rings. The fraction of sp³-hybridized carbons (Fsp3) is 0.625. The van der Waals surface area contributed by atoms with E-state index in [1.807, 2.05) is 6.07 Å². The third-order valence-corrected chi connectivity index (χ3v) is 3.82. The number of hydrogen-bond acceptors (Lipinski definition) is 4. The Morgan fingerprint density at radius 2 is 1.85 bits per heavy atom. The lowest BCUT2D eigenvalue weighted by molar-refractivity contribution is 0.326. The Kier molecular flexibility index (Phi) is 4.76. The highest BCUT2D eigenvalue weighted by molar-refractivity contribution is 5.59. The van der Waals surface area contributed by atoms with E-state index in [-0.39, 0.29) is 6.04 Å². The second-order valence-electron chi connectivity index (χ2n) is 5.59. The highest BCUT2D eigenvalue weighted by atomic mass is 16.5. The summed E-state index contributed by atoms with van der Waals surface area (Å²) in [5, 5.41) is 3.59. The molecule has 0 aliphatic carbocycles. The normalized spacial score (nSPS) is 17.8. The molecule has 1 unspecified atom stereocenters. The fourth-order valence-electron chi connectivity index (χ4n) is 2.99. The number of benzene rings is 1. The summed E-state index contributed by atoms with van der Waals surface area (Å²) in [5.74, 6) is 3.08. The van der Waals surface area contributed by atoms with Crippen LogP contribution in [0, 0.1) is 5.92 Å². The Morgan fingerprint density at radius 3 is 2.40 bits per heavy atom. The van der Waals surface area contributed by atoms with Crippen LogP contribution in [0.2, 0.25) is 0 Å². The van der Waals surface area contributed by atoms with Gasteiger partial charge in [-0.05, 0) is 25.3 Å². The molecule has 0 saturated heterocycles. The van der Waals surface area contributed by atoms with Crippen LogP contribution < -0.4 is 19.5 Å². The van der Waals surface area contributed by atoms with Gasteiger partial charge in [-0.2, -0.15) is 0 Å². The molecule has 0 amide bonds. The van der Waals surface area contributed by atoms with Crippen LogP contribution in [0.1, 0.15) is 37.4 Å². The van der Waals surface area contributed by atoms with Crippen molar-refractivity contribution < 1.29 is 14.2 Å². The highest BCUT2D eigenvalue weighted by Gasteiger charge is 2.29. The van der Waals surface area contributed by atoms with Gasteiger partial charge in [-0.25, -0.2) is 0 Å². The summed E-state index contributed by atoms with van der Waals surface area (Å²) in [6.45, 7) is 5.44. The lowest BCUT2D eigenvalue weighted by Crippen LogP contribution is -2.31. The third kappa shape index (κ3) is 2.70. The van der Waals surface area contributed by atoms with Crippen molar-refractivity contribution in [1.29, 1.82) is 0 Å². The van der Waals surface area contributed by atoms with E-state index in [1.54, 1.807) is 21.3 Å². The van der Waals surface area contributed by atoms with E-state index in [0.717, 1.165) is 36.6 Å². The monoisotopic (exact) mass is 279 g/mol. The zero-order valence-electron chi connectivity index (χ0n) is 13.1. The molecule has 1 aromatic rings. The standard InChI is InChI=1S/C16H25NO3/c1-10(2)8-12-15-11(6-7-17-12)13(18-3)9-14(19-4)16(15)20-5/h9-10,12,17H,6-8H2,1-5H3. The Balaban J connectivity index is 2.58. The molecule has 1 atom stereocenters. The van der Waals surface area contributed by atoms with Crippen molar-refractivity contribution in [2.24, 2.45) is 5.92 Å². The highest BCUT2D eigenvalue weighted by Crippen LogP contribution is 2.45. The summed E-state index contributed by atoms with van der Waals surface area (Å²) in [6.07, 6.45) is 2.02. The van der Waals surface area contributed by atoms with Gasteiger partial charge in [0.05, 0.1) is 21.3 Å². The average molecular weight is 279 g/mol. The van der Waals surface area contributed by atoms with Crippen molar-refractivity contribution >= 4 is 0 Å². The largest absolute Gasteiger partial charge is 0.496 e. The summed E-state index contributed by atoms with van der Waals surface area (Å²) in [4.78, 5) is 0. The molecular formula is C16H25NO3. The Bertz CT molecular complexity index is 449. The van der Waals surface area contributed by atoms with Crippen molar-refractivity contribution in [2.45, 2.75) is 32.7 Å². The van der Waals surface area contributed by atoms with E-state index in [2.05, 4.69) is 19.2 Å². The summed E-state index contributed by atoms with van der Waals surface area (Å²) < 4.78 is 16.6. The molecule has 1 N–H and O–H groups in total. The van der Waals surface area contributed by atoms with Gasteiger partial charge >= 0.3 is 0 Å². The molecule has 4 nitrogen and oxygen atoms in total. The third-order valence-electron chi connectivity index (χ3n) is 3.82. The second-order valence-corrected chi connectivity index (χ2v) is 5.59. The van der Waals surface area contributed by atoms with Crippen LogP contribution in [-0.2, 0) is 6.42 Å². The molecule has 2 rings (SSSR count). The second kappa shape index (κ2) is 6.35. The van der Waals surface area contributed by atoms with Crippen LogP contribution in [0.15, 0.2) is 6.07 Å². The maximum atomic E-state index is 5.63. The molecule has 0 radical (unpaired) electrons. The lowest BCUT2D eigenvalue weighted by atomic mass is 9.87. The summed E-state index contributed by atoms with van der Waals surface area (Å²) in [5.41, 5.74) is 2.44. The van der Waals surface area contributed by atoms with Gasteiger partial charge in [0.2, 0.25) is 0 Å². The smallest absolute Gasteiger partial charge is 0.166 e. The number of nitrogens with one attached hydrogen (secondary N) is 1. The maximum Gasteiger partial charge on any atom is 0.166 e. The summed E-state index contributed by atoms with van der Waals surface area (Å²) >= 11 is 0. The van der Waals surface area contributed by atoms with Crippen molar-refractivity contribution in [1.82, 2.24) is 5.32 Å². The first-order valence-corrected chi connectivity index (χ1v) is 7.17. The van der Waals surface area contributed by atoms with Gasteiger partial charge in [0.1, 0.15) is 5.75 Å². The number of hydrogen-bond donors (Lipinski definition) is 1. The molecule has 0 fully saturated rings. The van der Waals surface area contributed by atoms with Gasteiger partial charge in [0, 0.05) is 23.2 Å². The Hall–Kier alpha value is -1.42. The Morgan fingerprint density at radius 1 is 1.15 bits per heavy atom. The first kappa shape index (κ1) is 15.0. The van der Waals surface area contributed by atoms with Crippen LogP contribution >= 0.6 is 0 Å². The van der Waals surface area contributed by atoms with Gasteiger partial charge < -0.3 is 19.5 Å². The first-order chi connectivity index (χ1) is 9.62. The van der Waals surface area contributed by atoms with Crippen molar-refractivity contribution in [3.63, 3.8) is 0 Å². The van der Waals surface area contributed by atoms with Crippen molar-refractivity contribution in [2.75, 3.05) is 27.9 Å². The van der Waals surface area contributed by atoms with E-state index in [0.29, 0.717) is 5.92 Å². The molecule has 0 bridgehead atoms. The van der Waals surface area contributed by atoms with Gasteiger partial charge in [0.15, 0.2) is 11.5 Å². The van der Waals surface area contributed by atoms with E-state index < -0.39 is 0 Å². The van der Waals surface area contributed by atoms with Gasteiger partial charge in [-0.15, -0.1) is 0 Å². The molecule has 1 aromatic carbocycles. The van der Waals surface area contributed by atoms with Crippen LogP contribution in [-0.4, -0.2) is 27.9 Å². The predicted molar refractivity (Wildman–Crippen MR) is 80.0 cm³/mol. The van der Waals surface area contributed by atoms with Gasteiger partial charge in [0.25, 0.3) is 0 Å². The Labute approximate surface area is 121 Å². The molecule has 112 valence electrons. The molecule has 0 aromatic heterocycles. The molecule has 0 spiro atoms. The molecule has 0 saturated carbocycles. The zero-order valence-corrected chi connectivity index (χ0v) is 13.1. The van der Waals surface area contributed by atoms with E-state index in [1.165, 1.54) is 11.1 Å². The van der Waals surface area contributed by atoms with E-state index in [9.17, 15) is 0 Å². The number of rotatable bonds is 5. The number of ether oxygens (including phenoxy) is 3. The molecule has 4 heteroatoms. The maximum absolute atomic E-state index is 5.63. The lowest BCUT2D eigenvalue weighted by Gasteiger charge is -2.31. The van der Waals surface area contributed by atoms with Crippen LogP contribution in [0.4, 0.5) is 0 Å². The van der Waals surface area contributed by atoms with Gasteiger partial charge in [-0.3, -0.25) is 0 Å². The average Bonchev–Trinajstić information content (AvgIpc) is 2.45. The zero-order chi connectivity index (χ0) is 14.7. The van der Waals surface area contributed by atoms with Crippen LogP contribution in [0.5, 0.6) is 17.2 Å². The minimum atomic E-state index is 0.290. The number of fused-ring (bicyclic) bond motifs is 1. The van der Waals surface area contributed by atoms with Crippen LogP contribution in [0.3, 0.4) is 0 Å². The van der Waals surface area contributed by atoms with E-state index in [4.69, 9.17) is 14.2 Å². The predicted octanol–water partition coefficient (Wildman–Crippen LogP) is 2.95. The molecule has 1 aliphatic heterocycles. The van der Waals surface area contributed by atoms with Crippen LogP contribution in [0.25, 0.3) is 0 Å². The summed E-state index contributed by atoms with van der Waals surface area (Å²) in [6, 6.07) is 2.22. The minimum absolute atomic E-state index is 0.290. The quantitative estimate of drug-likeness (QED) is 0.899. The molecule has 20 heavy (non-hydrogen) atoms. The van der Waals surface area contributed by atoms with Gasteiger partial charge in [-0.1, -0.05) is 13.8 Å². The SMILES string of the molecule is COc1cc(OC)c(OC)c2c1CCNC2CC(C)C. The first-order valence-electron chi connectivity index (χ1n) is 7.17. The van der Waals surface area contributed by atoms with Crippen molar-refractivity contribution in [3.05, 3.63) is 17.2 Å². The summed E-state index contributed by atoms with van der Waals surface area (Å²) in [7, 11) is 5.07. The molecule has 1 heterocycles. The van der Waals surface area contributed by atoms with Crippen molar-refractivity contribution in [3.8, 4) is 17.2 Å². The fourth-order valence-corrected chi connectivity index (χ4v) is 2.99.